The molecule has 0 bridgehead atoms. The summed E-state index contributed by atoms with van der Waals surface area (Å²) in [6.07, 6.45) is 2.35. The molecule has 31 heavy (non-hydrogen) atoms. The highest BCUT2D eigenvalue weighted by Crippen LogP contribution is 2.31. The Balaban J connectivity index is 1.28. The molecule has 1 aliphatic heterocycles. The number of benzene rings is 1. The van der Waals surface area contributed by atoms with Crippen LogP contribution in [0.2, 0.25) is 0 Å². The molecule has 5 N–H and O–H groups in total. The minimum absolute atomic E-state index is 0.0874. The van der Waals surface area contributed by atoms with E-state index in [-0.39, 0.29) is 23.9 Å². The van der Waals surface area contributed by atoms with Gasteiger partial charge in [0, 0.05) is 5.69 Å². The number of carbonyl (C=O) groups excluding carboxylic acids is 2. The molecule has 2 aliphatic rings. The molecule has 2 amide bonds. The van der Waals surface area contributed by atoms with E-state index in [2.05, 4.69) is 40.0 Å². The molecule has 5 atom stereocenters. The zero-order chi connectivity index (χ0) is 22.0. The molecule has 0 saturated carbocycles. The highest BCUT2D eigenvalue weighted by Gasteiger charge is 2.34. The maximum absolute atomic E-state index is 12.8. The molecule has 4 rings (SSSR count). The maximum atomic E-state index is 12.8. The first-order valence-electron chi connectivity index (χ1n) is 11.1. The number of rotatable bonds is 6. The quantitative estimate of drug-likeness (QED) is 0.571. The van der Waals surface area contributed by atoms with Crippen molar-refractivity contribution in [2.24, 2.45) is 5.92 Å². The monoisotopic (exact) mass is 421 g/mol. The fourth-order valence-electron chi connectivity index (χ4n) is 4.68. The molecule has 2 aromatic rings. The SMILES string of the molecule is CC(c1ccccc1)[C@H]1CN[C@@H](C(=O)N[C@@H](C)C(=O)NC2CCc3nc(N)ccc32)C1. The number of fused-ring (bicyclic) bond motifs is 1. The standard InChI is InChI=1S/C24H31N5O2/c1-14(16-6-4-3-5-7-16)17-12-21(26-13-17)24(31)27-15(2)23(30)29-20-10-9-19-18(20)8-11-22(25)28-19/h3-8,11,14-15,17,20-21,26H,9-10,12-13H2,1-2H3,(H2,25,28)(H,27,31)(H,29,30)/t14?,15-,17+,20?,21+/m0/s1. The number of pyridine rings is 1. The van der Waals surface area contributed by atoms with Crippen LogP contribution in [-0.4, -0.2) is 35.4 Å². The Hall–Kier alpha value is -2.93. The predicted molar refractivity (Wildman–Crippen MR) is 120 cm³/mol. The molecule has 1 aliphatic carbocycles. The number of nitrogens with two attached hydrogens (primary N) is 1. The Morgan fingerprint density at radius 1 is 1.16 bits per heavy atom. The van der Waals surface area contributed by atoms with Crippen LogP contribution in [0.5, 0.6) is 0 Å². The molecule has 164 valence electrons. The van der Waals surface area contributed by atoms with E-state index in [1.165, 1.54) is 5.56 Å². The van der Waals surface area contributed by atoms with Crippen LogP contribution in [0.25, 0.3) is 0 Å². The van der Waals surface area contributed by atoms with E-state index in [0.29, 0.717) is 17.7 Å². The van der Waals surface area contributed by atoms with Gasteiger partial charge in [0.1, 0.15) is 11.9 Å². The van der Waals surface area contributed by atoms with E-state index in [4.69, 9.17) is 5.73 Å². The van der Waals surface area contributed by atoms with Crippen molar-refractivity contribution in [1.29, 1.82) is 0 Å². The van der Waals surface area contributed by atoms with Crippen LogP contribution in [0.1, 0.15) is 55.5 Å². The van der Waals surface area contributed by atoms with Gasteiger partial charge < -0.3 is 21.7 Å². The Bertz CT molecular complexity index is 948. The second-order valence-corrected chi connectivity index (χ2v) is 8.76. The number of nitrogens with one attached hydrogen (secondary N) is 3. The second kappa shape index (κ2) is 9.06. The van der Waals surface area contributed by atoms with Gasteiger partial charge in [-0.25, -0.2) is 4.98 Å². The number of amides is 2. The van der Waals surface area contributed by atoms with Crippen molar-refractivity contribution in [3.63, 3.8) is 0 Å². The van der Waals surface area contributed by atoms with Gasteiger partial charge in [-0.05, 0) is 61.8 Å². The summed E-state index contributed by atoms with van der Waals surface area (Å²) in [4.78, 5) is 29.8. The van der Waals surface area contributed by atoms with Gasteiger partial charge in [0.05, 0.1) is 12.1 Å². The summed E-state index contributed by atoms with van der Waals surface area (Å²) in [5.41, 5.74) is 8.99. The number of nitrogens with zero attached hydrogens (tertiary/aromatic N) is 1. The third-order valence-corrected chi connectivity index (χ3v) is 6.66. The number of aromatic nitrogens is 1. The lowest BCUT2D eigenvalue weighted by Crippen LogP contribution is -2.50. The molecule has 1 aromatic carbocycles. The van der Waals surface area contributed by atoms with Crippen LogP contribution in [-0.2, 0) is 16.0 Å². The molecule has 0 spiro atoms. The van der Waals surface area contributed by atoms with Crippen LogP contribution in [0.15, 0.2) is 42.5 Å². The Morgan fingerprint density at radius 2 is 1.94 bits per heavy atom. The van der Waals surface area contributed by atoms with Gasteiger partial charge in [0.2, 0.25) is 11.8 Å². The maximum Gasteiger partial charge on any atom is 0.242 e. The lowest BCUT2D eigenvalue weighted by atomic mass is 9.86. The number of nitrogen functional groups attached to an aromatic ring is 1. The molecule has 0 radical (unpaired) electrons. The van der Waals surface area contributed by atoms with E-state index in [9.17, 15) is 9.59 Å². The molecule has 1 fully saturated rings. The van der Waals surface area contributed by atoms with Gasteiger partial charge in [-0.2, -0.15) is 0 Å². The zero-order valence-corrected chi connectivity index (χ0v) is 18.1. The summed E-state index contributed by atoms with van der Waals surface area (Å²) in [6, 6.07) is 13.1. The normalized spacial score (nSPS) is 24.3. The summed E-state index contributed by atoms with van der Waals surface area (Å²) in [7, 11) is 0. The number of carbonyl (C=O) groups is 2. The van der Waals surface area contributed by atoms with E-state index < -0.39 is 6.04 Å². The third-order valence-electron chi connectivity index (χ3n) is 6.66. The van der Waals surface area contributed by atoms with Crippen molar-refractivity contribution in [2.45, 2.75) is 57.2 Å². The van der Waals surface area contributed by atoms with Crippen LogP contribution in [0.3, 0.4) is 0 Å². The van der Waals surface area contributed by atoms with Crippen molar-refractivity contribution in [3.05, 3.63) is 59.3 Å². The van der Waals surface area contributed by atoms with E-state index in [1.54, 1.807) is 13.0 Å². The lowest BCUT2D eigenvalue weighted by molar-refractivity contribution is -0.129. The average molecular weight is 422 g/mol. The van der Waals surface area contributed by atoms with Gasteiger partial charge in [0.25, 0.3) is 0 Å². The van der Waals surface area contributed by atoms with Crippen LogP contribution >= 0.6 is 0 Å². The highest BCUT2D eigenvalue weighted by molar-refractivity contribution is 5.89. The summed E-state index contributed by atoms with van der Waals surface area (Å²) in [5.74, 6) is 0.951. The summed E-state index contributed by atoms with van der Waals surface area (Å²) in [6.45, 7) is 4.73. The van der Waals surface area contributed by atoms with Crippen molar-refractivity contribution in [2.75, 3.05) is 12.3 Å². The zero-order valence-electron chi connectivity index (χ0n) is 18.1. The van der Waals surface area contributed by atoms with Crippen LogP contribution in [0.4, 0.5) is 5.82 Å². The summed E-state index contributed by atoms with van der Waals surface area (Å²) < 4.78 is 0. The number of hydrogen-bond acceptors (Lipinski definition) is 5. The molecular formula is C24H31N5O2. The Morgan fingerprint density at radius 3 is 2.71 bits per heavy atom. The molecule has 2 heterocycles. The van der Waals surface area contributed by atoms with Crippen molar-refractivity contribution in [1.82, 2.24) is 20.9 Å². The number of hydrogen-bond donors (Lipinski definition) is 4. The first-order valence-corrected chi connectivity index (χ1v) is 11.1. The van der Waals surface area contributed by atoms with Gasteiger partial charge in [-0.3, -0.25) is 9.59 Å². The van der Waals surface area contributed by atoms with Crippen LogP contribution in [0, 0.1) is 5.92 Å². The molecular weight excluding hydrogens is 390 g/mol. The second-order valence-electron chi connectivity index (χ2n) is 8.76. The molecule has 2 unspecified atom stereocenters. The highest BCUT2D eigenvalue weighted by atomic mass is 16.2. The lowest BCUT2D eigenvalue weighted by Gasteiger charge is -2.21. The minimum Gasteiger partial charge on any atom is -0.384 e. The fraction of sp³-hybridized carbons (Fsp3) is 0.458. The molecule has 1 saturated heterocycles. The first-order chi connectivity index (χ1) is 14.9. The summed E-state index contributed by atoms with van der Waals surface area (Å²) >= 11 is 0. The topological polar surface area (TPSA) is 109 Å². The van der Waals surface area contributed by atoms with E-state index in [1.807, 2.05) is 24.3 Å². The third kappa shape index (κ3) is 4.71. The predicted octanol–water partition coefficient (Wildman–Crippen LogP) is 2.05. The van der Waals surface area contributed by atoms with Gasteiger partial charge >= 0.3 is 0 Å². The van der Waals surface area contributed by atoms with Crippen molar-refractivity contribution >= 4 is 17.6 Å². The van der Waals surface area contributed by atoms with E-state index >= 15 is 0 Å². The minimum atomic E-state index is -0.606. The smallest absolute Gasteiger partial charge is 0.242 e. The largest absolute Gasteiger partial charge is 0.384 e. The first kappa shape index (κ1) is 21.3. The Labute approximate surface area is 183 Å². The van der Waals surface area contributed by atoms with Gasteiger partial charge in [-0.15, -0.1) is 0 Å². The van der Waals surface area contributed by atoms with Gasteiger partial charge in [-0.1, -0.05) is 43.3 Å². The molecule has 7 heteroatoms. The Kier molecular flexibility index (Phi) is 6.23. The van der Waals surface area contributed by atoms with Gasteiger partial charge in [0.15, 0.2) is 0 Å². The van der Waals surface area contributed by atoms with Crippen molar-refractivity contribution in [3.8, 4) is 0 Å². The van der Waals surface area contributed by atoms with Crippen LogP contribution < -0.4 is 21.7 Å². The fourth-order valence-corrected chi connectivity index (χ4v) is 4.68. The average Bonchev–Trinajstić information content (AvgIpc) is 3.41. The number of aryl methyl sites for hydroxylation is 1. The summed E-state index contributed by atoms with van der Waals surface area (Å²) in [5, 5.41) is 9.25. The molecule has 1 aromatic heterocycles. The van der Waals surface area contributed by atoms with Crippen molar-refractivity contribution < 1.29 is 9.59 Å². The number of anilines is 1. The van der Waals surface area contributed by atoms with E-state index in [0.717, 1.165) is 37.1 Å². The molecule has 7 nitrogen and oxygen atoms in total.